The molecule has 0 saturated carbocycles. The highest BCUT2D eigenvalue weighted by Gasteiger charge is 2.45. The van der Waals surface area contributed by atoms with Crippen molar-refractivity contribution in [1.29, 1.82) is 0 Å². The topological polar surface area (TPSA) is 225 Å². The molecular weight excluding hydrogens is 664 g/mol. The third-order valence-electron chi connectivity index (χ3n) is 8.77. The van der Waals surface area contributed by atoms with Gasteiger partial charge in [-0.2, -0.15) is 0 Å². The molecule has 4 rings (SSSR count). The molecule has 2 aromatic rings. The van der Waals surface area contributed by atoms with Crippen LogP contribution in [0.1, 0.15) is 70.2 Å². The molecule has 1 aromatic heterocycles. The molecule has 0 spiro atoms. The smallest absolute Gasteiger partial charge is 0.247 e. The van der Waals surface area contributed by atoms with E-state index in [1.54, 1.807) is 50.5 Å². The number of rotatable bonds is 3. The lowest BCUT2D eigenvalue weighted by atomic mass is 9.85. The maximum Gasteiger partial charge on any atom is 0.247 e. The Kier molecular flexibility index (Phi) is 13.1. The van der Waals surface area contributed by atoms with Gasteiger partial charge in [0.15, 0.2) is 0 Å². The van der Waals surface area contributed by atoms with Crippen molar-refractivity contribution in [2.75, 3.05) is 26.2 Å². The molecule has 2 aliphatic heterocycles. The van der Waals surface area contributed by atoms with Gasteiger partial charge in [-0.25, -0.2) is 4.98 Å². The predicted octanol–water partition coefficient (Wildman–Crippen LogP) is 0.0184. The number of carbonyl (C=O) groups excluding carboxylic acids is 6. The summed E-state index contributed by atoms with van der Waals surface area (Å²) in [5.74, 6) is -3.43. The molecule has 6 amide bonds. The zero-order valence-corrected chi connectivity index (χ0v) is 29.7. The number of nitrogens with two attached hydrogens (primary N) is 1. The Morgan fingerprint density at radius 3 is 2.28 bits per heavy atom. The number of nitrogens with zero attached hydrogens (tertiary/aromatic N) is 2. The number of thiazole rings is 1. The lowest BCUT2D eigenvalue weighted by Gasteiger charge is -2.35. The van der Waals surface area contributed by atoms with Crippen LogP contribution in [0.15, 0.2) is 29.8 Å². The van der Waals surface area contributed by atoms with Gasteiger partial charge in [0.2, 0.25) is 35.4 Å². The molecule has 1 aromatic carbocycles. The Morgan fingerprint density at radius 2 is 1.64 bits per heavy atom. The molecule has 3 heterocycles. The molecule has 0 aliphatic carbocycles. The van der Waals surface area contributed by atoms with Crippen LogP contribution in [-0.2, 0) is 28.8 Å². The van der Waals surface area contributed by atoms with Gasteiger partial charge in [-0.15, -0.1) is 11.3 Å². The Balaban J connectivity index is 1.65. The number of aliphatic hydroxyl groups is 1. The SMILES string of the molecule is Cc1ncsc1-c1ccc([C@H]2NC(=O)[C@@H]3C[C@@H](O)CN3C(=O)[C@H](C(C)(C)C)NC(=O)CCCCCNC(=O)[C@@H](CN)NC(=O)CNC2=O)cc1. The molecule has 0 unspecified atom stereocenters. The highest BCUT2D eigenvalue weighted by molar-refractivity contribution is 7.13. The van der Waals surface area contributed by atoms with Gasteiger partial charge in [-0.1, -0.05) is 51.5 Å². The van der Waals surface area contributed by atoms with Gasteiger partial charge < -0.3 is 42.3 Å². The molecule has 50 heavy (non-hydrogen) atoms. The molecule has 2 saturated heterocycles. The minimum absolute atomic E-state index is 0.0781. The first-order chi connectivity index (χ1) is 23.7. The summed E-state index contributed by atoms with van der Waals surface area (Å²) in [7, 11) is 0. The van der Waals surface area contributed by atoms with Crippen molar-refractivity contribution in [1.82, 2.24) is 36.5 Å². The number of aromatic nitrogens is 1. The minimum Gasteiger partial charge on any atom is -0.391 e. The fraction of sp³-hybridized carbons (Fsp3) is 0.559. The number of aliphatic hydroxyl groups excluding tert-OH is 1. The summed E-state index contributed by atoms with van der Waals surface area (Å²) >= 11 is 1.46. The van der Waals surface area contributed by atoms with Crippen LogP contribution in [0, 0.1) is 12.3 Å². The molecule has 5 atom stereocenters. The van der Waals surface area contributed by atoms with Gasteiger partial charge in [-0.3, -0.25) is 28.8 Å². The third kappa shape index (κ3) is 9.85. The largest absolute Gasteiger partial charge is 0.391 e. The molecular formula is C34H48N8O7S. The van der Waals surface area contributed by atoms with E-state index in [0.717, 1.165) is 16.1 Å². The molecule has 272 valence electrons. The fourth-order valence-corrected chi connectivity index (χ4v) is 6.78. The molecule has 2 fully saturated rings. The average Bonchev–Trinajstić information content (AvgIpc) is 3.69. The zero-order valence-electron chi connectivity index (χ0n) is 28.9. The maximum atomic E-state index is 14.0. The summed E-state index contributed by atoms with van der Waals surface area (Å²) in [4.78, 5) is 86.6. The van der Waals surface area contributed by atoms with Crippen LogP contribution in [-0.4, -0.2) is 101 Å². The van der Waals surface area contributed by atoms with E-state index in [1.807, 2.05) is 6.92 Å². The van der Waals surface area contributed by atoms with Crippen molar-refractivity contribution >= 4 is 46.8 Å². The molecule has 0 bridgehead atoms. The number of amides is 6. The van der Waals surface area contributed by atoms with Crippen molar-refractivity contribution in [3.8, 4) is 10.4 Å². The van der Waals surface area contributed by atoms with E-state index in [4.69, 9.17) is 5.73 Å². The van der Waals surface area contributed by atoms with Crippen molar-refractivity contribution < 1.29 is 33.9 Å². The standard InChI is InChI=1S/C34H48N8O7S/c1-19-28(50-18-38-19)21-11-9-20(10-12-21)27-32(48)37-16-26(45)39-23(15-35)30(46)36-13-7-5-6-8-25(44)40-29(34(2,3)4)33(49)42-17-22(43)14-24(42)31(47)41-27/h9-12,18,22-24,27,29,43H,5-8,13-17,35H2,1-4H3,(H,36,46)(H,37,48)(H,39,45)(H,40,44)(H,41,47)/t22-,23-,24+,27-,29-/m1/s1. The van der Waals surface area contributed by atoms with Crippen molar-refractivity contribution in [2.45, 2.75) is 90.1 Å². The second-order valence-electron chi connectivity index (χ2n) is 13.8. The number of carbonyl (C=O) groups is 6. The summed E-state index contributed by atoms with van der Waals surface area (Å²) in [6, 6.07) is 2.46. The summed E-state index contributed by atoms with van der Waals surface area (Å²) in [6.07, 6.45) is 0.735. The fourth-order valence-electron chi connectivity index (χ4n) is 5.97. The maximum absolute atomic E-state index is 14.0. The average molecular weight is 713 g/mol. The Hall–Kier alpha value is -4.41. The van der Waals surface area contributed by atoms with Crippen LogP contribution in [0.5, 0.6) is 0 Å². The minimum atomic E-state index is -1.30. The van der Waals surface area contributed by atoms with Crippen LogP contribution in [0.25, 0.3) is 10.4 Å². The number of aryl methyl sites for hydroxylation is 1. The first kappa shape index (κ1) is 38.4. The molecule has 0 radical (unpaired) electrons. The number of nitrogens with one attached hydrogen (secondary N) is 5. The molecule has 16 heteroatoms. The summed E-state index contributed by atoms with van der Waals surface area (Å²) < 4.78 is 0. The van der Waals surface area contributed by atoms with E-state index < -0.39 is 71.8 Å². The third-order valence-corrected chi connectivity index (χ3v) is 9.75. The highest BCUT2D eigenvalue weighted by Crippen LogP contribution is 2.30. The Bertz CT molecular complexity index is 1560. The summed E-state index contributed by atoms with van der Waals surface area (Å²) in [5, 5.41) is 24.0. The van der Waals surface area contributed by atoms with Crippen LogP contribution < -0.4 is 32.3 Å². The predicted molar refractivity (Wildman–Crippen MR) is 186 cm³/mol. The van der Waals surface area contributed by atoms with Crippen LogP contribution in [0.4, 0.5) is 0 Å². The van der Waals surface area contributed by atoms with Crippen molar-refractivity contribution in [3.63, 3.8) is 0 Å². The number of benzene rings is 1. The first-order valence-corrected chi connectivity index (χ1v) is 17.7. The lowest BCUT2D eigenvalue weighted by Crippen LogP contribution is -2.58. The summed E-state index contributed by atoms with van der Waals surface area (Å²) in [6.45, 7) is 6.77. The monoisotopic (exact) mass is 712 g/mol. The van der Waals surface area contributed by atoms with Gasteiger partial charge in [0.1, 0.15) is 24.2 Å². The molecule has 8 N–H and O–H groups in total. The lowest BCUT2D eigenvalue weighted by molar-refractivity contribution is -0.144. The van der Waals surface area contributed by atoms with E-state index in [0.29, 0.717) is 31.4 Å². The zero-order chi connectivity index (χ0) is 36.6. The van der Waals surface area contributed by atoms with Gasteiger partial charge in [0, 0.05) is 32.5 Å². The van der Waals surface area contributed by atoms with Crippen LogP contribution >= 0.6 is 11.3 Å². The van der Waals surface area contributed by atoms with E-state index in [9.17, 15) is 33.9 Å². The van der Waals surface area contributed by atoms with Gasteiger partial charge in [0.05, 0.1) is 28.7 Å². The second kappa shape index (κ2) is 17.0. The van der Waals surface area contributed by atoms with E-state index in [1.165, 1.54) is 16.2 Å². The Morgan fingerprint density at radius 1 is 0.920 bits per heavy atom. The van der Waals surface area contributed by atoms with Gasteiger partial charge in [-0.05, 0) is 36.3 Å². The normalized spacial score (nSPS) is 25.6. The van der Waals surface area contributed by atoms with Gasteiger partial charge in [0.25, 0.3) is 0 Å². The highest BCUT2D eigenvalue weighted by atomic mass is 32.1. The van der Waals surface area contributed by atoms with Crippen molar-refractivity contribution in [2.24, 2.45) is 11.1 Å². The van der Waals surface area contributed by atoms with Crippen LogP contribution in [0.3, 0.4) is 0 Å². The summed E-state index contributed by atoms with van der Waals surface area (Å²) in [5.41, 5.74) is 8.83. The second-order valence-corrected chi connectivity index (χ2v) is 14.6. The first-order valence-electron chi connectivity index (χ1n) is 16.8. The van der Waals surface area contributed by atoms with Crippen molar-refractivity contribution in [3.05, 3.63) is 41.0 Å². The number of hydrogen-bond donors (Lipinski definition) is 7. The van der Waals surface area contributed by atoms with E-state index >= 15 is 0 Å². The molecule has 2 aliphatic rings. The number of fused-ring (bicyclic) bond motifs is 1. The van der Waals surface area contributed by atoms with Crippen LogP contribution in [0.2, 0.25) is 0 Å². The number of hydrogen-bond acceptors (Lipinski definition) is 10. The van der Waals surface area contributed by atoms with Gasteiger partial charge >= 0.3 is 0 Å². The Labute approximate surface area is 295 Å². The quantitative estimate of drug-likeness (QED) is 0.227. The van der Waals surface area contributed by atoms with E-state index in [-0.39, 0.29) is 31.8 Å². The van der Waals surface area contributed by atoms with E-state index in [2.05, 4.69) is 31.6 Å². The molecule has 15 nitrogen and oxygen atoms in total.